The Labute approximate surface area is 126 Å². The molecule has 0 aliphatic carbocycles. The van der Waals surface area contributed by atoms with E-state index in [1.807, 2.05) is 17.5 Å². The first-order valence-corrected chi connectivity index (χ1v) is 7.25. The average molecular weight is 305 g/mol. The molecule has 0 fully saturated rings. The minimum atomic E-state index is -0.492. The van der Waals surface area contributed by atoms with Gasteiger partial charge in [0.25, 0.3) is 5.69 Å². The van der Waals surface area contributed by atoms with Crippen molar-refractivity contribution in [2.75, 3.05) is 5.32 Å². The zero-order valence-corrected chi connectivity index (χ0v) is 12.2. The molecule has 2 aromatic rings. The van der Waals surface area contributed by atoms with Crippen molar-refractivity contribution in [1.29, 1.82) is 0 Å². The SMILES string of the molecule is C[C@@H](NCc1cccs1)C(=O)Nc1cccc([N+](=O)[O-])c1. The number of non-ortho nitro benzene ring substituents is 1. The van der Waals surface area contributed by atoms with Gasteiger partial charge in [0.05, 0.1) is 11.0 Å². The Kier molecular flexibility index (Phi) is 5.02. The van der Waals surface area contributed by atoms with E-state index in [4.69, 9.17) is 0 Å². The number of nitrogens with zero attached hydrogens (tertiary/aromatic N) is 1. The van der Waals surface area contributed by atoms with Crippen LogP contribution in [0.1, 0.15) is 11.8 Å². The molecule has 0 radical (unpaired) electrons. The lowest BCUT2D eigenvalue weighted by molar-refractivity contribution is -0.384. The molecule has 110 valence electrons. The monoisotopic (exact) mass is 305 g/mol. The van der Waals surface area contributed by atoms with E-state index in [1.165, 1.54) is 18.2 Å². The lowest BCUT2D eigenvalue weighted by atomic mass is 10.2. The molecule has 7 heteroatoms. The third-order valence-corrected chi connectivity index (χ3v) is 3.76. The van der Waals surface area contributed by atoms with Gasteiger partial charge in [-0.1, -0.05) is 12.1 Å². The summed E-state index contributed by atoms with van der Waals surface area (Å²) in [6.45, 7) is 2.36. The fourth-order valence-electron chi connectivity index (χ4n) is 1.71. The number of nitrogens with one attached hydrogen (secondary N) is 2. The normalized spacial score (nSPS) is 11.9. The van der Waals surface area contributed by atoms with E-state index < -0.39 is 11.0 Å². The fraction of sp³-hybridized carbons (Fsp3) is 0.214. The standard InChI is InChI=1S/C14H15N3O3S/c1-10(15-9-13-6-3-7-21-13)14(18)16-11-4-2-5-12(8-11)17(19)20/h2-8,10,15H,9H2,1H3,(H,16,18)/t10-/m1/s1. The van der Waals surface area contributed by atoms with E-state index in [2.05, 4.69) is 10.6 Å². The molecule has 0 saturated carbocycles. The minimum Gasteiger partial charge on any atom is -0.324 e. The number of anilines is 1. The molecule has 1 heterocycles. The number of carbonyl (C=O) groups excluding carboxylic acids is 1. The van der Waals surface area contributed by atoms with Crippen LogP contribution in [0.2, 0.25) is 0 Å². The van der Waals surface area contributed by atoms with Gasteiger partial charge in [-0.15, -0.1) is 11.3 Å². The summed E-state index contributed by atoms with van der Waals surface area (Å²) < 4.78 is 0. The average Bonchev–Trinajstić information content (AvgIpc) is 2.98. The molecule has 0 saturated heterocycles. The van der Waals surface area contributed by atoms with Crippen LogP contribution < -0.4 is 10.6 Å². The van der Waals surface area contributed by atoms with E-state index in [0.717, 1.165) is 4.88 Å². The Morgan fingerprint density at radius 1 is 1.38 bits per heavy atom. The van der Waals surface area contributed by atoms with E-state index in [-0.39, 0.29) is 11.6 Å². The summed E-state index contributed by atoms with van der Waals surface area (Å²) in [5.74, 6) is -0.230. The summed E-state index contributed by atoms with van der Waals surface area (Å²) >= 11 is 1.62. The lowest BCUT2D eigenvalue weighted by Gasteiger charge is -2.13. The Bertz CT molecular complexity index is 628. The number of hydrogen-bond donors (Lipinski definition) is 2. The molecule has 0 unspecified atom stereocenters. The summed E-state index contributed by atoms with van der Waals surface area (Å²) in [5, 5.41) is 18.4. The van der Waals surface area contributed by atoms with Crippen LogP contribution in [-0.2, 0) is 11.3 Å². The highest BCUT2D eigenvalue weighted by atomic mass is 32.1. The van der Waals surface area contributed by atoms with Gasteiger partial charge in [-0.05, 0) is 24.4 Å². The van der Waals surface area contributed by atoms with Crippen molar-refractivity contribution < 1.29 is 9.72 Å². The van der Waals surface area contributed by atoms with Crippen molar-refractivity contribution in [3.63, 3.8) is 0 Å². The molecule has 1 atom stereocenters. The van der Waals surface area contributed by atoms with Crippen LogP contribution in [0.25, 0.3) is 0 Å². The van der Waals surface area contributed by atoms with Crippen LogP contribution in [0.4, 0.5) is 11.4 Å². The van der Waals surface area contributed by atoms with Gasteiger partial charge in [-0.3, -0.25) is 14.9 Å². The second-order valence-corrected chi connectivity index (χ2v) is 5.51. The maximum atomic E-state index is 12.0. The van der Waals surface area contributed by atoms with Crippen molar-refractivity contribution >= 4 is 28.6 Å². The van der Waals surface area contributed by atoms with Gasteiger partial charge in [0.1, 0.15) is 0 Å². The molecule has 0 bridgehead atoms. The highest BCUT2D eigenvalue weighted by molar-refractivity contribution is 7.09. The smallest absolute Gasteiger partial charge is 0.271 e. The zero-order chi connectivity index (χ0) is 15.2. The van der Waals surface area contributed by atoms with Crippen LogP contribution >= 0.6 is 11.3 Å². The molecule has 0 aliphatic rings. The van der Waals surface area contributed by atoms with Crippen LogP contribution in [-0.4, -0.2) is 16.9 Å². The second kappa shape index (κ2) is 6.96. The first kappa shape index (κ1) is 15.1. The molecule has 1 aromatic heterocycles. The van der Waals surface area contributed by atoms with Crippen LogP contribution in [0, 0.1) is 10.1 Å². The molecular weight excluding hydrogens is 290 g/mol. The largest absolute Gasteiger partial charge is 0.324 e. The Morgan fingerprint density at radius 2 is 2.19 bits per heavy atom. The number of benzene rings is 1. The quantitative estimate of drug-likeness (QED) is 0.635. The first-order valence-electron chi connectivity index (χ1n) is 6.37. The second-order valence-electron chi connectivity index (χ2n) is 4.48. The van der Waals surface area contributed by atoms with E-state index in [1.54, 1.807) is 24.3 Å². The van der Waals surface area contributed by atoms with Crippen molar-refractivity contribution in [2.24, 2.45) is 0 Å². The number of nitro benzene ring substituents is 1. The fourth-order valence-corrected chi connectivity index (χ4v) is 2.36. The molecule has 1 aromatic carbocycles. The highest BCUT2D eigenvalue weighted by Gasteiger charge is 2.14. The highest BCUT2D eigenvalue weighted by Crippen LogP contribution is 2.17. The molecule has 2 N–H and O–H groups in total. The summed E-state index contributed by atoms with van der Waals surface area (Å²) in [7, 11) is 0. The van der Waals surface area contributed by atoms with Crippen LogP contribution in [0.3, 0.4) is 0 Å². The molecule has 21 heavy (non-hydrogen) atoms. The predicted molar refractivity (Wildman–Crippen MR) is 82.3 cm³/mol. The van der Waals surface area contributed by atoms with Crippen molar-refractivity contribution in [3.8, 4) is 0 Å². The number of rotatable bonds is 6. The molecule has 2 rings (SSSR count). The zero-order valence-electron chi connectivity index (χ0n) is 11.4. The third kappa shape index (κ3) is 4.37. The van der Waals surface area contributed by atoms with Gasteiger partial charge in [0.15, 0.2) is 0 Å². The van der Waals surface area contributed by atoms with E-state index >= 15 is 0 Å². The topological polar surface area (TPSA) is 84.3 Å². The molecule has 6 nitrogen and oxygen atoms in total. The number of amides is 1. The molecule has 0 aliphatic heterocycles. The van der Waals surface area contributed by atoms with Crippen LogP contribution in [0.5, 0.6) is 0 Å². The molecule has 0 spiro atoms. The van der Waals surface area contributed by atoms with Crippen molar-refractivity contribution in [2.45, 2.75) is 19.5 Å². The number of thiophene rings is 1. The summed E-state index contributed by atoms with van der Waals surface area (Å²) in [6.07, 6.45) is 0. The van der Waals surface area contributed by atoms with Crippen molar-refractivity contribution in [1.82, 2.24) is 5.32 Å². The van der Waals surface area contributed by atoms with Gasteiger partial charge in [0, 0.05) is 29.2 Å². The summed E-state index contributed by atoms with van der Waals surface area (Å²) in [5.41, 5.74) is 0.367. The van der Waals surface area contributed by atoms with Crippen molar-refractivity contribution in [3.05, 3.63) is 56.8 Å². The lowest BCUT2D eigenvalue weighted by Crippen LogP contribution is -2.37. The predicted octanol–water partition coefficient (Wildman–Crippen LogP) is 2.77. The van der Waals surface area contributed by atoms with Crippen LogP contribution in [0.15, 0.2) is 41.8 Å². The van der Waals surface area contributed by atoms with E-state index in [9.17, 15) is 14.9 Å². The number of nitro groups is 1. The summed E-state index contributed by atoms with van der Waals surface area (Å²) in [6, 6.07) is 9.43. The maximum absolute atomic E-state index is 12.0. The maximum Gasteiger partial charge on any atom is 0.271 e. The van der Waals surface area contributed by atoms with E-state index in [0.29, 0.717) is 12.2 Å². The van der Waals surface area contributed by atoms with Gasteiger partial charge in [0.2, 0.25) is 5.91 Å². The Balaban J connectivity index is 1.91. The Hall–Kier alpha value is -2.25. The van der Waals surface area contributed by atoms with Gasteiger partial charge in [-0.2, -0.15) is 0 Å². The van der Waals surface area contributed by atoms with Gasteiger partial charge >= 0.3 is 0 Å². The third-order valence-electron chi connectivity index (χ3n) is 2.88. The number of carbonyl (C=O) groups is 1. The van der Waals surface area contributed by atoms with Gasteiger partial charge < -0.3 is 10.6 Å². The first-order chi connectivity index (χ1) is 10.1. The Morgan fingerprint density at radius 3 is 2.86 bits per heavy atom. The summed E-state index contributed by atoms with van der Waals surface area (Å²) in [4.78, 5) is 23.4. The molecule has 1 amide bonds. The minimum absolute atomic E-state index is 0.0491. The number of hydrogen-bond acceptors (Lipinski definition) is 5. The molecular formula is C14H15N3O3S. The van der Waals surface area contributed by atoms with Gasteiger partial charge in [-0.25, -0.2) is 0 Å².